The SMILES string of the molecule is O=C(COCc1ccccc1F)c1ccc([N+](=O)[O-])cc1. The molecule has 0 amide bonds. The van der Waals surface area contributed by atoms with Crippen LogP contribution in [0.15, 0.2) is 48.5 Å². The van der Waals surface area contributed by atoms with Crippen molar-refractivity contribution in [1.82, 2.24) is 0 Å². The van der Waals surface area contributed by atoms with Gasteiger partial charge in [0.1, 0.15) is 12.4 Å². The summed E-state index contributed by atoms with van der Waals surface area (Å²) >= 11 is 0. The first kappa shape index (κ1) is 14.8. The fraction of sp³-hybridized carbons (Fsp3) is 0.133. The van der Waals surface area contributed by atoms with Crippen LogP contribution < -0.4 is 0 Å². The van der Waals surface area contributed by atoms with E-state index in [0.717, 1.165) is 0 Å². The lowest BCUT2D eigenvalue weighted by molar-refractivity contribution is -0.384. The molecule has 0 bridgehead atoms. The Bertz CT molecular complexity index is 655. The summed E-state index contributed by atoms with van der Waals surface area (Å²) in [5.41, 5.74) is 0.599. The first-order valence-corrected chi connectivity index (χ1v) is 6.17. The number of carbonyl (C=O) groups excluding carboxylic acids is 1. The van der Waals surface area contributed by atoms with Crippen LogP contribution >= 0.6 is 0 Å². The minimum absolute atomic E-state index is 0.00854. The number of nitro benzene ring substituents is 1. The molecule has 0 N–H and O–H groups in total. The summed E-state index contributed by atoms with van der Waals surface area (Å²) in [7, 11) is 0. The number of nitrogens with zero attached hydrogens (tertiary/aromatic N) is 1. The van der Waals surface area contributed by atoms with Gasteiger partial charge in [0.2, 0.25) is 0 Å². The van der Waals surface area contributed by atoms with Crippen LogP contribution in [-0.4, -0.2) is 17.3 Å². The van der Waals surface area contributed by atoms with E-state index in [1.54, 1.807) is 18.2 Å². The largest absolute Gasteiger partial charge is 0.369 e. The van der Waals surface area contributed by atoms with Crippen LogP contribution in [0.2, 0.25) is 0 Å². The Hall–Kier alpha value is -2.60. The smallest absolute Gasteiger partial charge is 0.269 e. The van der Waals surface area contributed by atoms with Gasteiger partial charge in [-0.2, -0.15) is 0 Å². The second-order valence-corrected chi connectivity index (χ2v) is 4.31. The molecule has 0 radical (unpaired) electrons. The van der Waals surface area contributed by atoms with Crippen LogP contribution in [-0.2, 0) is 11.3 Å². The van der Waals surface area contributed by atoms with E-state index in [1.165, 1.54) is 30.3 Å². The van der Waals surface area contributed by atoms with Gasteiger partial charge in [0.15, 0.2) is 5.78 Å². The number of Topliss-reactive ketones (excluding diaryl/α,β-unsaturated/α-hetero) is 1. The first-order chi connectivity index (χ1) is 10.1. The van der Waals surface area contributed by atoms with Crippen molar-refractivity contribution in [2.45, 2.75) is 6.61 Å². The maximum Gasteiger partial charge on any atom is 0.269 e. The number of nitro groups is 1. The average molecular weight is 289 g/mol. The average Bonchev–Trinajstić information content (AvgIpc) is 2.49. The lowest BCUT2D eigenvalue weighted by Gasteiger charge is -2.05. The second kappa shape index (κ2) is 6.71. The maximum absolute atomic E-state index is 13.3. The Kier molecular flexibility index (Phi) is 4.73. The number of hydrogen-bond acceptors (Lipinski definition) is 4. The highest BCUT2D eigenvalue weighted by Crippen LogP contribution is 2.13. The lowest BCUT2D eigenvalue weighted by Crippen LogP contribution is -2.09. The molecule has 0 saturated carbocycles. The molecule has 0 aromatic heterocycles. The van der Waals surface area contributed by atoms with Crippen LogP contribution in [0.5, 0.6) is 0 Å². The number of hydrogen-bond donors (Lipinski definition) is 0. The van der Waals surface area contributed by atoms with Crippen LogP contribution in [0.4, 0.5) is 10.1 Å². The van der Waals surface area contributed by atoms with E-state index in [9.17, 15) is 19.3 Å². The Morgan fingerprint density at radius 3 is 2.43 bits per heavy atom. The van der Waals surface area contributed by atoms with E-state index in [4.69, 9.17) is 4.74 Å². The van der Waals surface area contributed by atoms with Gasteiger partial charge in [0, 0.05) is 23.3 Å². The van der Waals surface area contributed by atoms with Gasteiger partial charge in [-0.15, -0.1) is 0 Å². The van der Waals surface area contributed by atoms with Crippen molar-refractivity contribution >= 4 is 11.5 Å². The van der Waals surface area contributed by atoms with Crippen LogP contribution in [0.1, 0.15) is 15.9 Å². The van der Waals surface area contributed by atoms with Crippen molar-refractivity contribution in [1.29, 1.82) is 0 Å². The number of ketones is 1. The zero-order chi connectivity index (χ0) is 15.2. The quantitative estimate of drug-likeness (QED) is 0.465. The van der Waals surface area contributed by atoms with E-state index >= 15 is 0 Å². The number of halogens is 1. The number of non-ortho nitro benzene ring substituents is 1. The Morgan fingerprint density at radius 2 is 1.81 bits per heavy atom. The summed E-state index contributed by atoms with van der Waals surface area (Å²) in [6, 6.07) is 11.4. The summed E-state index contributed by atoms with van der Waals surface area (Å²) in [6.45, 7) is -0.225. The lowest BCUT2D eigenvalue weighted by atomic mass is 10.1. The van der Waals surface area contributed by atoms with Gasteiger partial charge in [0.05, 0.1) is 11.5 Å². The second-order valence-electron chi connectivity index (χ2n) is 4.31. The Morgan fingerprint density at radius 1 is 1.14 bits per heavy atom. The van der Waals surface area contributed by atoms with Crippen molar-refractivity contribution in [3.05, 3.63) is 75.6 Å². The van der Waals surface area contributed by atoms with E-state index in [-0.39, 0.29) is 30.5 Å². The van der Waals surface area contributed by atoms with E-state index in [2.05, 4.69) is 0 Å². The third kappa shape index (κ3) is 3.93. The van der Waals surface area contributed by atoms with Gasteiger partial charge in [-0.25, -0.2) is 4.39 Å². The molecule has 0 saturated heterocycles. The standard InChI is InChI=1S/C15H12FNO4/c16-14-4-2-1-3-12(14)9-21-10-15(18)11-5-7-13(8-6-11)17(19)20/h1-8H,9-10H2. The topological polar surface area (TPSA) is 69.4 Å². The van der Waals surface area contributed by atoms with Crippen molar-refractivity contribution in [3.8, 4) is 0 Å². The van der Waals surface area contributed by atoms with Crippen molar-refractivity contribution in [2.24, 2.45) is 0 Å². The molecule has 0 aliphatic rings. The highest BCUT2D eigenvalue weighted by atomic mass is 19.1. The minimum Gasteiger partial charge on any atom is -0.369 e. The zero-order valence-corrected chi connectivity index (χ0v) is 11.0. The number of ether oxygens (including phenoxy) is 1. The molecule has 0 unspecified atom stereocenters. The number of carbonyl (C=O) groups is 1. The third-order valence-corrected chi connectivity index (χ3v) is 2.85. The molecule has 6 heteroatoms. The predicted molar refractivity (Wildman–Crippen MR) is 73.5 cm³/mol. The van der Waals surface area contributed by atoms with Gasteiger partial charge in [0.25, 0.3) is 5.69 Å². The molecule has 21 heavy (non-hydrogen) atoms. The molecule has 0 aliphatic carbocycles. The summed E-state index contributed by atoms with van der Waals surface area (Å²) in [5, 5.41) is 10.5. The molecule has 5 nitrogen and oxygen atoms in total. The predicted octanol–water partition coefficient (Wildman–Crippen LogP) is 3.13. The highest BCUT2D eigenvalue weighted by Gasteiger charge is 2.10. The molecule has 2 rings (SSSR count). The highest BCUT2D eigenvalue weighted by molar-refractivity contribution is 5.97. The summed E-state index contributed by atoms with van der Waals surface area (Å²) in [4.78, 5) is 21.8. The van der Waals surface area contributed by atoms with Crippen LogP contribution in [0, 0.1) is 15.9 Å². The molecule has 0 fully saturated rings. The Balaban J connectivity index is 1.90. The fourth-order valence-corrected chi connectivity index (χ4v) is 1.72. The van der Waals surface area contributed by atoms with Gasteiger partial charge >= 0.3 is 0 Å². The van der Waals surface area contributed by atoms with Crippen molar-refractivity contribution in [3.63, 3.8) is 0 Å². The monoisotopic (exact) mass is 289 g/mol. The fourth-order valence-electron chi connectivity index (χ4n) is 1.72. The molecular formula is C15H12FNO4. The molecule has 2 aromatic rings. The minimum atomic E-state index is -0.539. The van der Waals surface area contributed by atoms with E-state index in [0.29, 0.717) is 11.1 Å². The summed E-state index contributed by atoms with van der Waals surface area (Å²) in [6.07, 6.45) is 0. The molecule has 108 valence electrons. The van der Waals surface area contributed by atoms with E-state index in [1.807, 2.05) is 0 Å². The van der Waals surface area contributed by atoms with Crippen LogP contribution in [0.25, 0.3) is 0 Å². The van der Waals surface area contributed by atoms with Crippen molar-refractivity contribution < 1.29 is 18.8 Å². The molecule has 2 aromatic carbocycles. The van der Waals surface area contributed by atoms with Gasteiger partial charge in [-0.3, -0.25) is 14.9 Å². The number of rotatable bonds is 6. The van der Waals surface area contributed by atoms with E-state index < -0.39 is 4.92 Å². The molecule has 0 spiro atoms. The maximum atomic E-state index is 13.3. The first-order valence-electron chi connectivity index (χ1n) is 6.17. The van der Waals surface area contributed by atoms with Crippen LogP contribution in [0.3, 0.4) is 0 Å². The van der Waals surface area contributed by atoms with Gasteiger partial charge < -0.3 is 4.74 Å². The third-order valence-electron chi connectivity index (χ3n) is 2.85. The summed E-state index contributed by atoms with van der Waals surface area (Å²) in [5.74, 6) is -0.707. The molecule has 0 heterocycles. The van der Waals surface area contributed by atoms with Gasteiger partial charge in [-0.1, -0.05) is 18.2 Å². The Labute approximate surface area is 120 Å². The molecule has 0 aliphatic heterocycles. The zero-order valence-electron chi connectivity index (χ0n) is 11.0. The van der Waals surface area contributed by atoms with Gasteiger partial charge in [-0.05, 0) is 18.2 Å². The summed E-state index contributed by atoms with van der Waals surface area (Å²) < 4.78 is 18.5. The molecular weight excluding hydrogens is 277 g/mol. The normalized spacial score (nSPS) is 10.3. The molecule has 0 atom stereocenters. The van der Waals surface area contributed by atoms with Crippen molar-refractivity contribution in [2.75, 3.05) is 6.61 Å². The number of benzene rings is 2.